The zero-order chi connectivity index (χ0) is 15.7. The van der Waals surface area contributed by atoms with Crippen molar-refractivity contribution in [3.63, 3.8) is 0 Å². The van der Waals surface area contributed by atoms with Crippen LogP contribution < -0.4 is 5.32 Å². The molecule has 0 bridgehead atoms. The summed E-state index contributed by atoms with van der Waals surface area (Å²) in [5.41, 5.74) is 0.358. The number of hydrogen-bond acceptors (Lipinski definition) is 5. The van der Waals surface area contributed by atoms with Gasteiger partial charge in [-0.15, -0.1) is 0 Å². The van der Waals surface area contributed by atoms with Gasteiger partial charge in [0.2, 0.25) is 0 Å². The molecule has 0 amide bonds. The van der Waals surface area contributed by atoms with E-state index in [1.165, 1.54) is 24.3 Å². The standard InChI is InChI=1S/C15H23NO4S/c1-3-5-10-16-11-12-21(18,19)14-8-6-13(7-9-14)15(17)20-4-2/h6-9,16H,3-5,10-12H2,1-2H3. The number of sulfone groups is 1. The van der Waals surface area contributed by atoms with Gasteiger partial charge in [0.25, 0.3) is 0 Å². The highest BCUT2D eigenvalue weighted by molar-refractivity contribution is 7.91. The summed E-state index contributed by atoms with van der Waals surface area (Å²) in [5, 5.41) is 3.11. The summed E-state index contributed by atoms with van der Waals surface area (Å²) < 4.78 is 29.1. The van der Waals surface area contributed by atoms with E-state index in [-0.39, 0.29) is 10.6 Å². The molecule has 1 aromatic rings. The molecule has 118 valence electrons. The van der Waals surface area contributed by atoms with Gasteiger partial charge in [-0.3, -0.25) is 0 Å². The second kappa shape index (κ2) is 8.79. The van der Waals surface area contributed by atoms with Crippen molar-refractivity contribution in [3.8, 4) is 0 Å². The molecule has 0 aliphatic heterocycles. The van der Waals surface area contributed by atoms with E-state index in [0.717, 1.165) is 19.4 Å². The van der Waals surface area contributed by atoms with Crippen LogP contribution in [0.5, 0.6) is 0 Å². The summed E-state index contributed by atoms with van der Waals surface area (Å²) in [6, 6.07) is 5.87. The molecule has 0 aliphatic rings. The predicted molar refractivity (Wildman–Crippen MR) is 82.2 cm³/mol. The zero-order valence-corrected chi connectivity index (χ0v) is 13.4. The number of rotatable bonds is 9. The van der Waals surface area contributed by atoms with Crippen molar-refractivity contribution in [2.45, 2.75) is 31.6 Å². The summed E-state index contributed by atoms with van der Waals surface area (Å²) in [5.74, 6) is -0.391. The Kier molecular flexibility index (Phi) is 7.39. The van der Waals surface area contributed by atoms with Gasteiger partial charge in [-0.05, 0) is 44.2 Å². The average molecular weight is 313 g/mol. The van der Waals surface area contributed by atoms with Gasteiger partial charge in [0.05, 0.1) is 22.8 Å². The molecule has 0 saturated carbocycles. The Morgan fingerprint density at radius 1 is 1.14 bits per heavy atom. The van der Waals surface area contributed by atoms with E-state index in [1.807, 2.05) is 0 Å². The van der Waals surface area contributed by atoms with E-state index in [4.69, 9.17) is 4.74 Å². The molecule has 0 aliphatic carbocycles. The molecule has 0 spiro atoms. The van der Waals surface area contributed by atoms with E-state index in [0.29, 0.717) is 18.7 Å². The van der Waals surface area contributed by atoms with Crippen LogP contribution in [0, 0.1) is 0 Å². The number of benzene rings is 1. The first-order valence-electron chi connectivity index (χ1n) is 7.22. The number of esters is 1. The van der Waals surface area contributed by atoms with Gasteiger partial charge in [0.1, 0.15) is 0 Å². The van der Waals surface area contributed by atoms with Crippen LogP contribution in [0.1, 0.15) is 37.0 Å². The Labute approximate surface area is 126 Å². The van der Waals surface area contributed by atoms with Gasteiger partial charge in [-0.2, -0.15) is 0 Å². The Balaban J connectivity index is 2.61. The second-order valence-electron chi connectivity index (χ2n) is 4.67. The van der Waals surface area contributed by atoms with Crippen LogP contribution in [0.3, 0.4) is 0 Å². The minimum Gasteiger partial charge on any atom is -0.462 e. The van der Waals surface area contributed by atoms with Gasteiger partial charge in [0, 0.05) is 6.54 Å². The highest BCUT2D eigenvalue weighted by Crippen LogP contribution is 2.13. The molecule has 0 fully saturated rings. The van der Waals surface area contributed by atoms with Crippen LogP contribution in [0.15, 0.2) is 29.2 Å². The SMILES string of the molecule is CCCCNCCS(=O)(=O)c1ccc(C(=O)OCC)cc1. The molecule has 0 aromatic heterocycles. The van der Waals surface area contributed by atoms with Crippen LogP contribution in [-0.4, -0.2) is 39.8 Å². The summed E-state index contributed by atoms with van der Waals surface area (Å²) in [7, 11) is -3.32. The quantitative estimate of drug-likeness (QED) is 0.558. The molecule has 1 rings (SSSR count). The minimum absolute atomic E-state index is 0.0511. The monoisotopic (exact) mass is 313 g/mol. The van der Waals surface area contributed by atoms with Gasteiger partial charge < -0.3 is 10.1 Å². The zero-order valence-electron chi connectivity index (χ0n) is 12.6. The second-order valence-corrected chi connectivity index (χ2v) is 6.78. The topological polar surface area (TPSA) is 72.5 Å². The van der Waals surface area contributed by atoms with E-state index < -0.39 is 15.8 Å². The molecule has 0 heterocycles. The molecule has 1 N–H and O–H groups in total. The van der Waals surface area contributed by atoms with Crippen LogP contribution >= 0.6 is 0 Å². The third-order valence-electron chi connectivity index (χ3n) is 2.98. The molecule has 0 atom stereocenters. The maximum Gasteiger partial charge on any atom is 0.338 e. The minimum atomic E-state index is -3.32. The number of ether oxygens (including phenoxy) is 1. The number of unbranched alkanes of at least 4 members (excludes halogenated alkanes) is 1. The molecule has 5 nitrogen and oxygen atoms in total. The normalized spacial score (nSPS) is 11.3. The first kappa shape index (κ1) is 17.7. The summed E-state index contributed by atoms with van der Waals surface area (Å²) in [6.45, 7) is 5.36. The van der Waals surface area contributed by atoms with Crippen LogP contribution in [-0.2, 0) is 14.6 Å². The highest BCUT2D eigenvalue weighted by atomic mass is 32.2. The maximum atomic E-state index is 12.1. The van der Waals surface area contributed by atoms with E-state index >= 15 is 0 Å². The molecule has 1 aromatic carbocycles. The predicted octanol–water partition coefficient (Wildman–Crippen LogP) is 2.03. The largest absolute Gasteiger partial charge is 0.462 e. The van der Waals surface area contributed by atoms with E-state index in [2.05, 4.69) is 12.2 Å². The third kappa shape index (κ3) is 5.85. The van der Waals surface area contributed by atoms with Gasteiger partial charge in [0.15, 0.2) is 9.84 Å². The molecule has 0 saturated heterocycles. The first-order chi connectivity index (χ1) is 10.0. The van der Waals surface area contributed by atoms with Crippen LogP contribution in [0.25, 0.3) is 0 Å². The fraction of sp³-hybridized carbons (Fsp3) is 0.533. The molecule has 6 heteroatoms. The van der Waals surface area contributed by atoms with Crippen molar-refractivity contribution in [2.75, 3.05) is 25.4 Å². The Hall–Kier alpha value is -1.40. The number of carbonyl (C=O) groups excluding carboxylic acids is 1. The summed E-state index contributed by atoms with van der Waals surface area (Å²) in [6.07, 6.45) is 2.11. The highest BCUT2D eigenvalue weighted by Gasteiger charge is 2.15. The molecular formula is C15H23NO4S. The van der Waals surface area contributed by atoms with Crippen molar-refractivity contribution in [3.05, 3.63) is 29.8 Å². The molecular weight excluding hydrogens is 290 g/mol. The van der Waals surface area contributed by atoms with E-state index in [1.54, 1.807) is 6.92 Å². The Morgan fingerprint density at radius 3 is 2.38 bits per heavy atom. The lowest BCUT2D eigenvalue weighted by Crippen LogP contribution is -2.24. The van der Waals surface area contributed by atoms with Crippen LogP contribution in [0.4, 0.5) is 0 Å². The van der Waals surface area contributed by atoms with Crippen molar-refractivity contribution in [2.24, 2.45) is 0 Å². The Bertz CT molecular complexity index is 537. The van der Waals surface area contributed by atoms with Gasteiger partial charge in [-0.25, -0.2) is 13.2 Å². The molecule has 0 radical (unpaired) electrons. The van der Waals surface area contributed by atoms with Crippen molar-refractivity contribution in [1.82, 2.24) is 5.32 Å². The lowest BCUT2D eigenvalue weighted by molar-refractivity contribution is 0.0526. The number of nitrogens with one attached hydrogen (secondary N) is 1. The third-order valence-corrected chi connectivity index (χ3v) is 4.71. The lowest BCUT2D eigenvalue weighted by Gasteiger charge is -2.07. The van der Waals surface area contributed by atoms with E-state index in [9.17, 15) is 13.2 Å². The van der Waals surface area contributed by atoms with Crippen molar-refractivity contribution >= 4 is 15.8 Å². The van der Waals surface area contributed by atoms with Gasteiger partial charge in [-0.1, -0.05) is 13.3 Å². The smallest absolute Gasteiger partial charge is 0.338 e. The Morgan fingerprint density at radius 2 is 1.81 bits per heavy atom. The fourth-order valence-corrected chi connectivity index (χ4v) is 2.96. The average Bonchev–Trinajstić information content (AvgIpc) is 2.47. The molecule has 0 unspecified atom stereocenters. The summed E-state index contributed by atoms with van der Waals surface area (Å²) in [4.78, 5) is 11.7. The summed E-state index contributed by atoms with van der Waals surface area (Å²) >= 11 is 0. The lowest BCUT2D eigenvalue weighted by atomic mass is 10.2. The van der Waals surface area contributed by atoms with Gasteiger partial charge >= 0.3 is 5.97 Å². The molecule has 21 heavy (non-hydrogen) atoms. The van der Waals surface area contributed by atoms with Crippen molar-refractivity contribution < 1.29 is 17.9 Å². The number of carbonyl (C=O) groups is 1. The number of hydrogen-bond donors (Lipinski definition) is 1. The van der Waals surface area contributed by atoms with Crippen LogP contribution in [0.2, 0.25) is 0 Å². The van der Waals surface area contributed by atoms with Crippen molar-refractivity contribution in [1.29, 1.82) is 0 Å². The fourth-order valence-electron chi connectivity index (χ4n) is 1.76. The maximum absolute atomic E-state index is 12.1. The first-order valence-corrected chi connectivity index (χ1v) is 8.87.